The second-order valence-corrected chi connectivity index (χ2v) is 2.52. The van der Waals surface area contributed by atoms with Gasteiger partial charge < -0.3 is 0 Å². The van der Waals surface area contributed by atoms with E-state index in [9.17, 15) is 18.0 Å². The Morgan fingerprint density at radius 3 is 1.82 bits per heavy atom. The average molecular weight is 169 g/mol. The maximum Gasteiger partial charge on any atom is 0.486 e. The maximum absolute atomic E-state index is 11.8. The van der Waals surface area contributed by atoms with Gasteiger partial charge in [0.15, 0.2) is 0 Å². The van der Waals surface area contributed by atoms with Gasteiger partial charge in [-0.2, -0.15) is 0 Å². The molecule has 0 unspecified atom stereocenters. The second-order valence-electron chi connectivity index (χ2n) is 2.52. The zero-order valence-corrected chi connectivity index (χ0v) is 6.57. The first-order valence-electron chi connectivity index (χ1n) is 3.11. The molecule has 0 aliphatic carbocycles. The van der Waals surface area contributed by atoms with E-state index in [-0.39, 0.29) is 4.90 Å². The minimum Gasteiger partial charge on any atom is -0.274 e. The summed E-state index contributed by atoms with van der Waals surface area (Å²) >= 11 is 0. The molecule has 0 aromatic carbocycles. The number of nitrogens with zero attached hydrogens (tertiary/aromatic N) is 1. The summed E-state index contributed by atoms with van der Waals surface area (Å²) in [5, 5.41) is 0. The van der Waals surface area contributed by atoms with E-state index in [0.29, 0.717) is 0 Å². The molecule has 0 rings (SSSR count). The number of halogens is 3. The van der Waals surface area contributed by atoms with Gasteiger partial charge in [0.1, 0.15) is 0 Å². The highest BCUT2D eigenvalue weighted by Crippen LogP contribution is 2.20. The van der Waals surface area contributed by atoms with Crippen LogP contribution in [0.1, 0.15) is 13.8 Å². The van der Waals surface area contributed by atoms with Gasteiger partial charge in [0.2, 0.25) is 5.91 Å². The molecule has 0 saturated carbocycles. The molecule has 0 heterocycles. The molecular weight excluding hydrogens is 159 g/mol. The quantitative estimate of drug-likeness (QED) is 0.546. The molecule has 5 heteroatoms. The van der Waals surface area contributed by atoms with Crippen LogP contribution in [0.4, 0.5) is 13.2 Å². The van der Waals surface area contributed by atoms with Crippen LogP contribution in [0, 0.1) is 5.92 Å². The summed E-state index contributed by atoms with van der Waals surface area (Å²) in [5.74, 6) is -1.54. The Bertz CT molecular complexity index is 152. The van der Waals surface area contributed by atoms with E-state index in [1.165, 1.54) is 13.8 Å². The first-order valence-corrected chi connectivity index (χ1v) is 3.11. The lowest BCUT2D eigenvalue weighted by molar-refractivity contribution is -0.234. The van der Waals surface area contributed by atoms with E-state index in [4.69, 9.17) is 0 Å². The summed E-state index contributed by atoms with van der Waals surface area (Å²) in [6, 6.07) is 0. The number of hydrogen-bond donors (Lipinski definition) is 0. The molecule has 0 N–H and O–H groups in total. The lowest BCUT2D eigenvalue weighted by Crippen LogP contribution is -2.41. The number of alkyl halides is 3. The summed E-state index contributed by atoms with van der Waals surface area (Å²) in [6.45, 7) is 2.84. The van der Waals surface area contributed by atoms with Gasteiger partial charge in [-0.1, -0.05) is 13.8 Å². The van der Waals surface area contributed by atoms with Crippen molar-refractivity contribution in [2.24, 2.45) is 5.92 Å². The molecule has 0 fully saturated rings. The molecule has 11 heavy (non-hydrogen) atoms. The van der Waals surface area contributed by atoms with Crippen molar-refractivity contribution in [3.63, 3.8) is 0 Å². The Balaban J connectivity index is 4.26. The lowest BCUT2D eigenvalue weighted by atomic mass is 10.2. The fourth-order valence-corrected chi connectivity index (χ4v) is 0.512. The van der Waals surface area contributed by atoms with E-state index in [2.05, 4.69) is 0 Å². The van der Waals surface area contributed by atoms with Crippen LogP contribution in [0.15, 0.2) is 0 Å². The van der Waals surface area contributed by atoms with E-state index >= 15 is 0 Å². The lowest BCUT2D eigenvalue weighted by Gasteiger charge is -2.21. The molecule has 0 bridgehead atoms. The number of rotatable bonds is 1. The molecule has 66 valence electrons. The number of carbonyl (C=O) groups excluding carboxylic acids is 1. The number of amides is 1. The highest BCUT2D eigenvalue weighted by molar-refractivity contribution is 5.78. The van der Waals surface area contributed by atoms with Crippen molar-refractivity contribution in [2.45, 2.75) is 20.1 Å². The van der Waals surface area contributed by atoms with Crippen LogP contribution in [0.25, 0.3) is 0 Å². The minimum atomic E-state index is -4.55. The van der Waals surface area contributed by atoms with Crippen LogP contribution in [-0.2, 0) is 4.79 Å². The van der Waals surface area contributed by atoms with Crippen LogP contribution in [0.5, 0.6) is 0 Å². The van der Waals surface area contributed by atoms with Crippen molar-refractivity contribution in [1.82, 2.24) is 4.90 Å². The molecule has 0 radical (unpaired) electrons. The third-order valence-corrected chi connectivity index (χ3v) is 1.20. The largest absolute Gasteiger partial charge is 0.486 e. The molecule has 0 saturated heterocycles. The van der Waals surface area contributed by atoms with Crippen molar-refractivity contribution in [3.05, 3.63) is 0 Å². The first kappa shape index (κ1) is 10.3. The topological polar surface area (TPSA) is 20.3 Å². The third kappa shape index (κ3) is 2.78. The zero-order valence-electron chi connectivity index (χ0n) is 6.57. The molecular formula is C6H10F3NO. The van der Waals surface area contributed by atoms with Crippen LogP contribution < -0.4 is 0 Å². The van der Waals surface area contributed by atoms with Gasteiger partial charge in [0.05, 0.1) is 0 Å². The molecule has 0 aromatic rings. The Morgan fingerprint density at radius 1 is 1.36 bits per heavy atom. The summed E-state index contributed by atoms with van der Waals surface area (Å²) in [4.78, 5) is 10.5. The van der Waals surface area contributed by atoms with Gasteiger partial charge in [-0.15, -0.1) is 13.2 Å². The van der Waals surface area contributed by atoms with Crippen molar-refractivity contribution in [2.75, 3.05) is 7.05 Å². The Kier molecular flexibility index (Phi) is 2.90. The molecule has 2 nitrogen and oxygen atoms in total. The smallest absolute Gasteiger partial charge is 0.274 e. The van der Waals surface area contributed by atoms with Crippen molar-refractivity contribution < 1.29 is 18.0 Å². The SMILES string of the molecule is CC(C)C(=O)N(C)C(F)(F)F. The van der Waals surface area contributed by atoms with Crippen LogP contribution in [0.2, 0.25) is 0 Å². The van der Waals surface area contributed by atoms with Gasteiger partial charge in [-0.3, -0.25) is 9.69 Å². The summed E-state index contributed by atoms with van der Waals surface area (Å²) < 4.78 is 35.3. The van der Waals surface area contributed by atoms with E-state index < -0.39 is 18.1 Å². The number of hydrogen-bond acceptors (Lipinski definition) is 1. The third-order valence-electron chi connectivity index (χ3n) is 1.20. The molecule has 0 spiro atoms. The summed E-state index contributed by atoms with van der Waals surface area (Å²) in [6.07, 6.45) is -4.55. The van der Waals surface area contributed by atoms with Crippen molar-refractivity contribution in [3.8, 4) is 0 Å². The van der Waals surface area contributed by atoms with Crippen LogP contribution in [0.3, 0.4) is 0 Å². The molecule has 0 aliphatic rings. The predicted molar refractivity (Wildman–Crippen MR) is 33.7 cm³/mol. The second kappa shape index (κ2) is 3.11. The monoisotopic (exact) mass is 169 g/mol. The average Bonchev–Trinajstić information content (AvgIpc) is 1.82. The predicted octanol–water partition coefficient (Wildman–Crippen LogP) is 1.62. The first-order chi connectivity index (χ1) is 4.76. The van der Waals surface area contributed by atoms with Gasteiger partial charge >= 0.3 is 6.30 Å². The van der Waals surface area contributed by atoms with Gasteiger partial charge in [0.25, 0.3) is 0 Å². The fraction of sp³-hybridized carbons (Fsp3) is 0.833. The summed E-state index contributed by atoms with van der Waals surface area (Å²) in [5.41, 5.74) is 0. The van der Waals surface area contributed by atoms with E-state index in [1.807, 2.05) is 0 Å². The molecule has 0 aliphatic heterocycles. The van der Waals surface area contributed by atoms with Gasteiger partial charge in [0, 0.05) is 13.0 Å². The maximum atomic E-state index is 11.8. The van der Waals surface area contributed by atoms with Gasteiger partial charge in [-0.25, -0.2) is 0 Å². The van der Waals surface area contributed by atoms with Crippen molar-refractivity contribution >= 4 is 5.91 Å². The minimum absolute atomic E-state index is 0.211. The molecule has 1 amide bonds. The van der Waals surface area contributed by atoms with Crippen LogP contribution in [-0.4, -0.2) is 24.2 Å². The Morgan fingerprint density at radius 2 is 1.73 bits per heavy atom. The number of carbonyl (C=O) groups is 1. The van der Waals surface area contributed by atoms with Gasteiger partial charge in [-0.05, 0) is 0 Å². The van der Waals surface area contributed by atoms with E-state index in [0.717, 1.165) is 7.05 Å². The van der Waals surface area contributed by atoms with Crippen LogP contribution >= 0.6 is 0 Å². The zero-order chi connectivity index (χ0) is 9.23. The highest BCUT2D eigenvalue weighted by atomic mass is 19.4. The normalized spacial score (nSPS) is 11.9. The Labute approximate surface area is 63.0 Å². The van der Waals surface area contributed by atoms with Crippen molar-refractivity contribution in [1.29, 1.82) is 0 Å². The standard InChI is InChI=1S/C6H10F3NO/c1-4(2)5(11)10(3)6(7,8)9/h4H,1-3H3. The highest BCUT2D eigenvalue weighted by Gasteiger charge is 2.38. The Hall–Kier alpha value is -0.740. The van der Waals surface area contributed by atoms with E-state index in [1.54, 1.807) is 0 Å². The molecule has 0 aromatic heterocycles. The summed E-state index contributed by atoms with van der Waals surface area (Å²) in [7, 11) is 0.725. The molecule has 0 atom stereocenters. The fourth-order valence-electron chi connectivity index (χ4n) is 0.512.